The Morgan fingerprint density at radius 1 is 1.65 bits per heavy atom. The van der Waals surface area contributed by atoms with E-state index in [9.17, 15) is 4.79 Å². The fourth-order valence-corrected chi connectivity index (χ4v) is 1.72. The zero-order chi connectivity index (χ0) is 12.3. The van der Waals surface area contributed by atoms with E-state index >= 15 is 0 Å². The minimum Gasteiger partial charge on any atom is -0.477 e. The minimum atomic E-state index is -1.06. The van der Waals surface area contributed by atoms with Gasteiger partial charge in [0.2, 0.25) is 0 Å². The van der Waals surface area contributed by atoms with Gasteiger partial charge in [-0.15, -0.1) is 0 Å². The van der Waals surface area contributed by atoms with Gasteiger partial charge in [0.25, 0.3) is 0 Å². The second-order valence-corrected chi connectivity index (χ2v) is 4.05. The van der Waals surface area contributed by atoms with E-state index in [2.05, 4.69) is 10.3 Å². The number of carboxylic acid groups (broad SMARTS) is 1. The van der Waals surface area contributed by atoms with Gasteiger partial charge in [0.05, 0.1) is 12.3 Å². The molecule has 0 bridgehead atoms. The zero-order valence-corrected chi connectivity index (χ0v) is 9.35. The van der Waals surface area contributed by atoms with Crippen LogP contribution in [0.4, 0.5) is 11.5 Å². The lowest BCUT2D eigenvalue weighted by molar-refractivity contribution is 0.0690. The summed E-state index contributed by atoms with van der Waals surface area (Å²) >= 11 is 0. The highest BCUT2D eigenvalue weighted by molar-refractivity contribution is 5.86. The monoisotopic (exact) mass is 237 g/mol. The third kappa shape index (κ3) is 2.85. The largest absolute Gasteiger partial charge is 0.477 e. The minimum absolute atomic E-state index is 0.00984. The fraction of sp³-hybridized carbons (Fsp3) is 0.455. The molecule has 2 rings (SSSR count). The molecule has 1 atom stereocenters. The maximum absolute atomic E-state index is 10.8. The van der Waals surface area contributed by atoms with Gasteiger partial charge in [0, 0.05) is 19.1 Å². The molecule has 0 aliphatic carbocycles. The highest BCUT2D eigenvalue weighted by Crippen LogP contribution is 2.18. The van der Waals surface area contributed by atoms with Crippen LogP contribution >= 0.6 is 0 Å². The Morgan fingerprint density at radius 3 is 3.12 bits per heavy atom. The zero-order valence-electron chi connectivity index (χ0n) is 9.35. The molecule has 0 aromatic carbocycles. The van der Waals surface area contributed by atoms with Gasteiger partial charge >= 0.3 is 5.97 Å². The van der Waals surface area contributed by atoms with Crippen molar-refractivity contribution in [3.05, 3.63) is 17.8 Å². The summed E-state index contributed by atoms with van der Waals surface area (Å²) in [5.74, 6) is -0.196. The van der Waals surface area contributed by atoms with E-state index in [4.69, 9.17) is 15.6 Å². The van der Waals surface area contributed by atoms with Crippen LogP contribution in [0.25, 0.3) is 0 Å². The normalized spacial score (nSPS) is 19.2. The van der Waals surface area contributed by atoms with Gasteiger partial charge in [-0.2, -0.15) is 0 Å². The first-order valence-corrected chi connectivity index (χ1v) is 5.48. The third-order valence-corrected chi connectivity index (χ3v) is 2.73. The predicted octanol–water partition coefficient (Wildman–Crippen LogP) is 0.810. The second kappa shape index (κ2) is 5.01. The van der Waals surface area contributed by atoms with Crippen LogP contribution < -0.4 is 11.1 Å². The van der Waals surface area contributed by atoms with Gasteiger partial charge < -0.3 is 20.9 Å². The molecule has 0 spiro atoms. The van der Waals surface area contributed by atoms with Crippen molar-refractivity contribution in [1.82, 2.24) is 4.98 Å². The average Bonchev–Trinajstić information content (AvgIpc) is 2.80. The van der Waals surface area contributed by atoms with Crippen LogP contribution in [0.15, 0.2) is 12.1 Å². The summed E-state index contributed by atoms with van der Waals surface area (Å²) in [6.45, 7) is 2.20. The third-order valence-electron chi connectivity index (χ3n) is 2.73. The van der Waals surface area contributed by atoms with Crippen molar-refractivity contribution in [3.63, 3.8) is 0 Å². The molecule has 92 valence electrons. The molecular formula is C11H15N3O3. The number of ether oxygens (including phenoxy) is 1. The van der Waals surface area contributed by atoms with Crippen LogP contribution in [0.1, 0.15) is 16.9 Å². The number of anilines is 2. The molecule has 1 aromatic rings. The first kappa shape index (κ1) is 11.7. The molecule has 0 saturated carbocycles. The molecule has 4 N–H and O–H groups in total. The number of nitrogens with zero attached hydrogens (tertiary/aromatic N) is 1. The number of hydrogen-bond donors (Lipinski definition) is 3. The summed E-state index contributed by atoms with van der Waals surface area (Å²) in [5.41, 5.74) is 6.17. The summed E-state index contributed by atoms with van der Waals surface area (Å²) in [5, 5.41) is 11.9. The number of aromatic carboxylic acids is 1. The number of rotatable bonds is 4. The maximum atomic E-state index is 10.8. The number of nitrogens with one attached hydrogen (secondary N) is 1. The number of hydrogen-bond acceptors (Lipinski definition) is 5. The number of nitrogen functional groups attached to an aromatic ring is 1. The molecule has 1 fully saturated rings. The second-order valence-electron chi connectivity index (χ2n) is 4.05. The van der Waals surface area contributed by atoms with Crippen molar-refractivity contribution in [1.29, 1.82) is 0 Å². The van der Waals surface area contributed by atoms with Crippen molar-refractivity contribution in [2.24, 2.45) is 5.92 Å². The molecule has 1 aliphatic rings. The smallest absolute Gasteiger partial charge is 0.354 e. The van der Waals surface area contributed by atoms with E-state index < -0.39 is 5.97 Å². The molecule has 0 radical (unpaired) electrons. The standard InChI is InChI=1S/C11H15N3O3/c12-8-1-2-9(11(15)16)14-10(8)13-5-7-3-4-17-6-7/h1-2,7H,3-6,12H2,(H,13,14)(H,15,16). The van der Waals surface area contributed by atoms with E-state index in [1.807, 2.05) is 0 Å². The van der Waals surface area contributed by atoms with Gasteiger partial charge in [0.15, 0.2) is 5.69 Å². The van der Waals surface area contributed by atoms with Crippen LogP contribution in [-0.4, -0.2) is 35.8 Å². The van der Waals surface area contributed by atoms with Crippen LogP contribution in [0.2, 0.25) is 0 Å². The van der Waals surface area contributed by atoms with Gasteiger partial charge in [-0.1, -0.05) is 0 Å². The van der Waals surface area contributed by atoms with Crippen molar-refractivity contribution in [2.75, 3.05) is 30.8 Å². The van der Waals surface area contributed by atoms with Crippen LogP contribution in [0, 0.1) is 5.92 Å². The molecule has 1 aromatic heterocycles. The lowest BCUT2D eigenvalue weighted by atomic mass is 10.1. The van der Waals surface area contributed by atoms with E-state index in [-0.39, 0.29) is 5.69 Å². The lowest BCUT2D eigenvalue weighted by Gasteiger charge is -2.12. The Bertz CT molecular complexity index is 416. The van der Waals surface area contributed by atoms with Crippen LogP contribution in [0.5, 0.6) is 0 Å². The Morgan fingerprint density at radius 2 is 2.47 bits per heavy atom. The molecule has 1 aliphatic heterocycles. The summed E-state index contributed by atoms with van der Waals surface area (Å²) in [6.07, 6.45) is 1.01. The van der Waals surface area contributed by atoms with E-state index in [1.165, 1.54) is 6.07 Å². The molecule has 6 nitrogen and oxygen atoms in total. The van der Waals surface area contributed by atoms with Crippen LogP contribution in [-0.2, 0) is 4.74 Å². The molecule has 1 unspecified atom stereocenters. The average molecular weight is 237 g/mol. The number of pyridine rings is 1. The number of nitrogens with two attached hydrogens (primary N) is 1. The SMILES string of the molecule is Nc1ccc(C(=O)O)nc1NCC1CCOC1. The van der Waals surface area contributed by atoms with Gasteiger partial charge in [0.1, 0.15) is 5.82 Å². The molecule has 2 heterocycles. The number of carboxylic acids is 1. The van der Waals surface area contributed by atoms with Crippen LogP contribution in [0.3, 0.4) is 0 Å². The van der Waals surface area contributed by atoms with Crippen molar-refractivity contribution in [3.8, 4) is 0 Å². The van der Waals surface area contributed by atoms with Crippen molar-refractivity contribution < 1.29 is 14.6 Å². The molecule has 17 heavy (non-hydrogen) atoms. The van der Waals surface area contributed by atoms with Crippen molar-refractivity contribution in [2.45, 2.75) is 6.42 Å². The fourth-order valence-electron chi connectivity index (χ4n) is 1.72. The van der Waals surface area contributed by atoms with Gasteiger partial charge in [-0.3, -0.25) is 0 Å². The maximum Gasteiger partial charge on any atom is 0.354 e. The van der Waals surface area contributed by atoms with E-state index in [1.54, 1.807) is 6.07 Å². The molecule has 1 saturated heterocycles. The highest BCUT2D eigenvalue weighted by Gasteiger charge is 2.16. The summed E-state index contributed by atoms with van der Waals surface area (Å²) in [7, 11) is 0. The van der Waals surface area contributed by atoms with Gasteiger partial charge in [-0.25, -0.2) is 9.78 Å². The predicted molar refractivity (Wildman–Crippen MR) is 63.0 cm³/mol. The van der Waals surface area contributed by atoms with E-state index in [0.717, 1.165) is 19.6 Å². The first-order chi connectivity index (χ1) is 8.16. The Hall–Kier alpha value is -1.82. The Balaban J connectivity index is 2.03. The molecule has 0 amide bonds. The van der Waals surface area contributed by atoms with Gasteiger partial charge in [-0.05, 0) is 18.6 Å². The molecule has 6 heteroatoms. The topological polar surface area (TPSA) is 97.5 Å². The Kier molecular flexibility index (Phi) is 3.43. The Labute approximate surface area is 98.8 Å². The summed E-state index contributed by atoms with van der Waals surface area (Å²) in [6, 6.07) is 2.94. The first-order valence-electron chi connectivity index (χ1n) is 5.48. The lowest BCUT2D eigenvalue weighted by Crippen LogP contribution is -2.16. The van der Waals surface area contributed by atoms with E-state index in [0.29, 0.717) is 24.0 Å². The molecular weight excluding hydrogens is 222 g/mol. The number of carbonyl (C=O) groups is 1. The quantitative estimate of drug-likeness (QED) is 0.717. The summed E-state index contributed by atoms with van der Waals surface area (Å²) in [4.78, 5) is 14.7. The summed E-state index contributed by atoms with van der Waals surface area (Å²) < 4.78 is 5.25. The highest BCUT2D eigenvalue weighted by atomic mass is 16.5. The van der Waals surface area contributed by atoms with Crippen molar-refractivity contribution >= 4 is 17.5 Å². The number of aromatic nitrogens is 1.